The van der Waals surface area contributed by atoms with Gasteiger partial charge in [-0.2, -0.15) is 0 Å². The van der Waals surface area contributed by atoms with Gasteiger partial charge in [-0.15, -0.1) is 0 Å². The van der Waals surface area contributed by atoms with E-state index in [0.29, 0.717) is 0 Å². The van der Waals surface area contributed by atoms with Crippen LogP contribution in [0, 0.1) is 11.8 Å². The topological polar surface area (TPSA) is 18.5 Å². The molecule has 1 saturated carbocycles. The van der Waals surface area contributed by atoms with Gasteiger partial charge in [-0.05, 0) is 55.4 Å². The Morgan fingerprint density at radius 2 is 1.00 bits per heavy atom. The van der Waals surface area contributed by atoms with E-state index in [1.165, 1.54) is 96.3 Å². The van der Waals surface area contributed by atoms with Gasteiger partial charge in [0.2, 0.25) is 0 Å². The highest BCUT2D eigenvalue weighted by atomic mass is 16.5. The van der Waals surface area contributed by atoms with Crippen molar-refractivity contribution in [2.24, 2.45) is 11.8 Å². The average molecular weight is 417 g/mol. The fourth-order valence-corrected chi connectivity index (χ4v) is 4.76. The highest BCUT2D eigenvalue weighted by molar-refractivity contribution is 5.31. The first-order valence-corrected chi connectivity index (χ1v) is 13.2. The van der Waals surface area contributed by atoms with Crippen LogP contribution in [0.3, 0.4) is 0 Å². The number of benzene rings is 1. The second-order valence-corrected chi connectivity index (χ2v) is 9.46. The molecule has 0 heterocycles. The van der Waals surface area contributed by atoms with Crippen LogP contribution in [-0.4, -0.2) is 13.2 Å². The highest BCUT2D eigenvalue weighted by Gasteiger charge is 2.20. The zero-order valence-electron chi connectivity index (χ0n) is 20.0. The number of rotatable bonds is 17. The maximum absolute atomic E-state index is 5.95. The average Bonchev–Trinajstić information content (AvgIpc) is 2.78. The molecule has 30 heavy (non-hydrogen) atoms. The van der Waals surface area contributed by atoms with Crippen molar-refractivity contribution in [1.29, 1.82) is 0 Å². The van der Waals surface area contributed by atoms with Gasteiger partial charge in [0.05, 0.1) is 13.2 Å². The molecule has 1 fully saturated rings. The Balaban J connectivity index is 1.47. The van der Waals surface area contributed by atoms with Gasteiger partial charge in [-0.25, -0.2) is 0 Å². The Bertz CT molecular complexity index is 502. The van der Waals surface area contributed by atoms with Crippen molar-refractivity contribution in [3.8, 4) is 11.5 Å². The van der Waals surface area contributed by atoms with E-state index in [1.54, 1.807) is 0 Å². The summed E-state index contributed by atoms with van der Waals surface area (Å²) in [6.45, 7) is 6.17. The molecule has 2 nitrogen and oxygen atoms in total. The minimum absolute atomic E-state index is 0.815. The normalized spacial score (nSPS) is 19.0. The molecule has 0 amide bonds. The van der Waals surface area contributed by atoms with Crippen molar-refractivity contribution < 1.29 is 9.47 Å². The van der Waals surface area contributed by atoms with Gasteiger partial charge in [0, 0.05) is 0 Å². The second kappa shape index (κ2) is 16.5. The Kier molecular flexibility index (Phi) is 13.8. The standard InChI is InChI=1S/C28H48O2/c1-3-5-7-8-9-10-13-25-15-17-26(18-16-25)14-12-24-30-28-21-19-27(20-22-28)29-23-11-6-4-2/h19-22,25-26H,3-18,23-24H2,1-2H3. The SMILES string of the molecule is CCCCCCCCC1CCC(CCCOc2ccc(OCCCCC)cc2)CC1. The Labute approximate surface area is 187 Å². The van der Waals surface area contributed by atoms with Crippen molar-refractivity contribution in [3.63, 3.8) is 0 Å². The summed E-state index contributed by atoms with van der Waals surface area (Å²) in [5, 5.41) is 0. The summed E-state index contributed by atoms with van der Waals surface area (Å²) in [6, 6.07) is 8.16. The highest BCUT2D eigenvalue weighted by Crippen LogP contribution is 2.34. The lowest BCUT2D eigenvalue weighted by atomic mass is 9.78. The Hall–Kier alpha value is -1.18. The van der Waals surface area contributed by atoms with E-state index in [-0.39, 0.29) is 0 Å². The molecule has 0 atom stereocenters. The molecule has 0 unspecified atom stereocenters. The Morgan fingerprint density at radius 1 is 0.567 bits per heavy atom. The molecule has 1 aliphatic rings. The van der Waals surface area contributed by atoms with Crippen LogP contribution in [0.1, 0.15) is 117 Å². The van der Waals surface area contributed by atoms with Crippen LogP contribution in [0.15, 0.2) is 24.3 Å². The van der Waals surface area contributed by atoms with Crippen molar-refractivity contribution >= 4 is 0 Å². The molecule has 0 N–H and O–H groups in total. The van der Waals surface area contributed by atoms with Crippen molar-refractivity contribution in [2.45, 2.75) is 117 Å². The van der Waals surface area contributed by atoms with Crippen molar-refractivity contribution in [3.05, 3.63) is 24.3 Å². The van der Waals surface area contributed by atoms with Crippen LogP contribution in [-0.2, 0) is 0 Å². The maximum atomic E-state index is 5.95. The third kappa shape index (κ3) is 11.3. The molecule has 1 aliphatic carbocycles. The molecule has 0 radical (unpaired) electrons. The third-order valence-corrected chi connectivity index (χ3v) is 6.80. The molecular formula is C28H48O2. The first-order chi connectivity index (χ1) is 14.8. The quantitative estimate of drug-likeness (QED) is 0.236. The molecule has 0 spiro atoms. The van der Waals surface area contributed by atoms with Crippen LogP contribution < -0.4 is 9.47 Å². The first kappa shape index (κ1) is 25.1. The van der Waals surface area contributed by atoms with E-state index in [0.717, 1.165) is 43.0 Å². The van der Waals surface area contributed by atoms with Gasteiger partial charge in [-0.1, -0.05) is 97.3 Å². The molecule has 1 aromatic rings. The molecule has 2 rings (SSSR count). The van der Waals surface area contributed by atoms with Gasteiger partial charge in [0.15, 0.2) is 0 Å². The number of hydrogen-bond acceptors (Lipinski definition) is 2. The molecule has 0 aromatic heterocycles. The van der Waals surface area contributed by atoms with E-state index >= 15 is 0 Å². The fraction of sp³-hybridized carbons (Fsp3) is 0.786. The summed E-state index contributed by atoms with van der Waals surface area (Å²) >= 11 is 0. The van der Waals surface area contributed by atoms with Gasteiger partial charge < -0.3 is 9.47 Å². The molecule has 172 valence electrons. The predicted molar refractivity (Wildman–Crippen MR) is 130 cm³/mol. The van der Waals surface area contributed by atoms with E-state index in [4.69, 9.17) is 9.47 Å². The lowest BCUT2D eigenvalue weighted by Crippen LogP contribution is -2.15. The van der Waals surface area contributed by atoms with E-state index in [2.05, 4.69) is 13.8 Å². The van der Waals surface area contributed by atoms with Crippen LogP contribution in [0.4, 0.5) is 0 Å². The molecule has 0 aliphatic heterocycles. The lowest BCUT2D eigenvalue weighted by molar-refractivity contribution is 0.228. The smallest absolute Gasteiger partial charge is 0.119 e. The number of ether oxygens (including phenoxy) is 2. The van der Waals surface area contributed by atoms with Gasteiger partial charge in [-0.3, -0.25) is 0 Å². The summed E-state index contributed by atoms with van der Waals surface area (Å²) in [6.07, 6.45) is 22.1. The minimum Gasteiger partial charge on any atom is -0.494 e. The zero-order chi connectivity index (χ0) is 21.3. The van der Waals surface area contributed by atoms with Crippen LogP contribution in [0.25, 0.3) is 0 Å². The lowest BCUT2D eigenvalue weighted by Gasteiger charge is -2.28. The minimum atomic E-state index is 0.815. The van der Waals surface area contributed by atoms with Crippen LogP contribution >= 0.6 is 0 Å². The van der Waals surface area contributed by atoms with Crippen LogP contribution in [0.2, 0.25) is 0 Å². The van der Waals surface area contributed by atoms with Crippen LogP contribution in [0.5, 0.6) is 11.5 Å². The first-order valence-electron chi connectivity index (χ1n) is 13.2. The van der Waals surface area contributed by atoms with E-state index in [1.807, 2.05) is 24.3 Å². The van der Waals surface area contributed by atoms with Crippen molar-refractivity contribution in [2.75, 3.05) is 13.2 Å². The number of hydrogen-bond donors (Lipinski definition) is 0. The maximum Gasteiger partial charge on any atom is 0.119 e. The van der Waals surface area contributed by atoms with Crippen molar-refractivity contribution in [1.82, 2.24) is 0 Å². The summed E-state index contributed by atoms with van der Waals surface area (Å²) in [7, 11) is 0. The summed E-state index contributed by atoms with van der Waals surface area (Å²) in [5.74, 6) is 3.88. The monoisotopic (exact) mass is 416 g/mol. The van der Waals surface area contributed by atoms with Gasteiger partial charge >= 0.3 is 0 Å². The third-order valence-electron chi connectivity index (χ3n) is 6.80. The number of unbranched alkanes of at least 4 members (excludes halogenated alkanes) is 7. The molecule has 0 saturated heterocycles. The Morgan fingerprint density at radius 3 is 1.57 bits per heavy atom. The molecule has 1 aromatic carbocycles. The predicted octanol–water partition coefficient (Wildman–Crippen LogP) is 8.97. The molecule has 0 bridgehead atoms. The van der Waals surface area contributed by atoms with Gasteiger partial charge in [0.25, 0.3) is 0 Å². The zero-order valence-corrected chi connectivity index (χ0v) is 20.0. The fourth-order valence-electron chi connectivity index (χ4n) is 4.76. The summed E-state index contributed by atoms with van der Waals surface area (Å²) in [4.78, 5) is 0. The second-order valence-electron chi connectivity index (χ2n) is 9.46. The summed E-state index contributed by atoms with van der Waals surface area (Å²) < 4.78 is 11.7. The van der Waals surface area contributed by atoms with Gasteiger partial charge in [0.1, 0.15) is 11.5 Å². The molecule has 2 heteroatoms. The van der Waals surface area contributed by atoms with E-state index < -0.39 is 0 Å². The summed E-state index contributed by atoms with van der Waals surface area (Å²) in [5.41, 5.74) is 0. The van der Waals surface area contributed by atoms with E-state index in [9.17, 15) is 0 Å². The molecular weight excluding hydrogens is 368 g/mol. The largest absolute Gasteiger partial charge is 0.494 e.